The Morgan fingerprint density at radius 1 is 1.22 bits per heavy atom. The minimum absolute atomic E-state index is 0.00556. The number of carbonyl (C=O) groups is 2. The van der Waals surface area contributed by atoms with E-state index in [0.29, 0.717) is 23.0 Å². The number of halogens is 1. The maximum atomic E-state index is 12.0. The van der Waals surface area contributed by atoms with Gasteiger partial charge in [0, 0.05) is 17.1 Å². The molecule has 124 valence electrons. The van der Waals surface area contributed by atoms with E-state index in [4.69, 9.17) is 11.6 Å². The quantitative estimate of drug-likeness (QED) is 0.865. The van der Waals surface area contributed by atoms with Crippen molar-refractivity contribution in [2.75, 3.05) is 11.9 Å². The number of fused-ring (bicyclic) bond motifs is 2. The Hall–Kier alpha value is -1.55. The van der Waals surface area contributed by atoms with Gasteiger partial charge in [-0.15, -0.1) is 0 Å². The molecule has 0 radical (unpaired) electrons. The van der Waals surface area contributed by atoms with Crippen molar-refractivity contribution < 1.29 is 9.59 Å². The van der Waals surface area contributed by atoms with E-state index >= 15 is 0 Å². The van der Waals surface area contributed by atoms with Crippen LogP contribution in [0.25, 0.3) is 0 Å². The molecule has 2 bridgehead atoms. The van der Waals surface area contributed by atoms with Crippen LogP contribution in [-0.2, 0) is 9.59 Å². The molecule has 0 saturated heterocycles. The van der Waals surface area contributed by atoms with Gasteiger partial charge in [-0.1, -0.05) is 24.1 Å². The third kappa shape index (κ3) is 3.86. The Morgan fingerprint density at radius 2 is 2.04 bits per heavy atom. The molecular formula is C18H23ClN2O2. The highest BCUT2D eigenvalue weighted by Gasteiger charge is 2.40. The van der Waals surface area contributed by atoms with Crippen LogP contribution in [0.1, 0.15) is 37.7 Å². The number of carbonyl (C=O) groups excluding carboxylic acids is 2. The van der Waals surface area contributed by atoms with E-state index in [2.05, 4.69) is 10.6 Å². The number of rotatable bonds is 5. The number of nitrogens with one attached hydrogen (secondary N) is 2. The fraction of sp³-hybridized carbons (Fsp3) is 0.556. The largest absolute Gasteiger partial charge is 0.347 e. The van der Waals surface area contributed by atoms with Crippen LogP contribution in [0.2, 0.25) is 5.02 Å². The number of hydrogen-bond acceptors (Lipinski definition) is 2. The van der Waals surface area contributed by atoms with Crippen molar-refractivity contribution in [3.8, 4) is 0 Å². The summed E-state index contributed by atoms with van der Waals surface area (Å²) in [5.74, 6) is 1.85. The summed E-state index contributed by atoms with van der Waals surface area (Å²) in [6, 6.07) is 5.37. The van der Waals surface area contributed by atoms with Crippen LogP contribution in [-0.4, -0.2) is 18.4 Å². The van der Waals surface area contributed by atoms with Crippen molar-refractivity contribution >= 4 is 29.1 Å². The molecule has 2 aliphatic rings. The van der Waals surface area contributed by atoms with Crippen molar-refractivity contribution in [1.29, 1.82) is 0 Å². The van der Waals surface area contributed by atoms with Crippen LogP contribution in [0.5, 0.6) is 0 Å². The van der Waals surface area contributed by atoms with Gasteiger partial charge < -0.3 is 10.6 Å². The zero-order valence-electron chi connectivity index (χ0n) is 13.4. The first-order chi connectivity index (χ1) is 11.0. The van der Waals surface area contributed by atoms with Crippen LogP contribution in [0.15, 0.2) is 18.2 Å². The van der Waals surface area contributed by atoms with Gasteiger partial charge >= 0.3 is 0 Å². The van der Waals surface area contributed by atoms with Gasteiger partial charge in [0.2, 0.25) is 11.8 Å². The van der Waals surface area contributed by atoms with Gasteiger partial charge in [-0.25, -0.2) is 0 Å². The topological polar surface area (TPSA) is 58.2 Å². The Morgan fingerprint density at radius 3 is 2.74 bits per heavy atom. The molecule has 2 N–H and O–H groups in total. The highest BCUT2D eigenvalue weighted by Crippen LogP contribution is 2.49. The van der Waals surface area contributed by atoms with E-state index in [9.17, 15) is 9.59 Å². The molecule has 0 heterocycles. The molecule has 2 fully saturated rings. The molecule has 23 heavy (non-hydrogen) atoms. The second-order valence-corrected chi connectivity index (χ2v) is 7.28. The van der Waals surface area contributed by atoms with Gasteiger partial charge in [0.1, 0.15) is 0 Å². The summed E-state index contributed by atoms with van der Waals surface area (Å²) in [5.41, 5.74) is 1.51. The van der Waals surface area contributed by atoms with Gasteiger partial charge in [-0.2, -0.15) is 0 Å². The molecule has 3 atom stereocenters. The molecule has 2 amide bonds. The second kappa shape index (κ2) is 6.91. The molecule has 0 aromatic heterocycles. The summed E-state index contributed by atoms with van der Waals surface area (Å²) in [6.07, 6.45) is 5.66. The van der Waals surface area contributed by atoms with E-state index in [1.54, 1.807) is 18.2 Å². The molecule has 2 aliphatic carbocycles. The smallest absolute Gasteiger partial charge is 0.243 e. The Labute approximate surface area is 142 Å². The molecule has 1 aromatic carbocycles. The number of benzene rings is 1. The fourth-order valence-corrected chi connectivity index (χ4v) is 4.23. The van der Waals surface area contributed by atoms with E-state index in [1.165, 1.54) is 25.7 Å². The summed E-state index contributed by atoms with van der Waals surface area (Å²) >= 11 is 6.03. The Kier molecular flexibility index (Phi) is 4.90. The normalized spacial score (nSPS) is 25.4. The molecule has 4 nitrogen and oxygen atoms in total. The minimum atomic E-state index is -0.225. The standard InChI is InChI=1S/C18H23ClN2O2/c1-11-15(19)3-2-4-16(11)21-18(23)10-20-17(22)9-14-8-12-5-6-13(14)7-12/h2-4,12-14H,5-10H2,1H3,(H,20,22)(H,21,23)/t12-,13-,14-/m0/s1. The van der Waals surface area contributed by atoms with Crippen LogP contribution >= 0.6 is 11.6 Å². The highest BCUT2D eigenvalue weighted by atomic mass is 35.5. The van der Waals surface area contributed by atoms with Gasteiger partial charge in [0.05, 0.1) is 6.54 Å². The summed E-state index contributed by atoms with van der Waals surface area (Å²) in [6.45, 7) is 1.86. The van der Waals surface area contributed by atoms with E-state index in [-0.39, 0.29) is 18.4 Å². The van der Waals surface area contributed by atoms with Crippen molar-refractivity contribution in [1.82, 2.24) is 5.32 Å². The third-order valence-electron chi connectivity index (χ3n) is 5.32. The SMILES string of the molecule is Cc1c(Cl)cccc1NC(=O)CNC(=O)C[C@@H]1C[C@H]2CC[C@H]1C2. The summed E-state index contributed by atoms with van der Waals surface area (Å²) in [7, 11) is 0. The van der Waals surface area contributed by atoms with E-state index in [0.717, 1.165) is 17.4 Å². The van der Waals surface area contributed by atoms with Crippen LogP contribution in [0.3, 0.4) is 0 Å². The van der Waals surface area contributed by atoms with Gasteiger partial charge in [0.15, 0.2) is 0 Å². The Balaban J connectivity index is 1.43. The molecule has 0 unspecified atom stereocenters. The second-order valence-electron chi connectivity index (χ2n) is 6.88. The zero-order valence-corrected chi connectivity index (χ0v) is 14.2. The van der Waals surface area contributed by atoms with Crippen molar-refractivity contribution in [2.45, 2.75) is 39.0 Å². The maximum Gasteiger partial charge on any atom is 0.243 e. The molecule has 3 rings (SSSR count). The van der Waals surface area contributed by atoms with Crippen LogP contribution in [0, 0.1) is 24.7 Å². The van der Waals surface area contributed by atoms with Gasteiger partial charge in [-0.3, -0.25) is 9.59 Å². The molecule has 2 saturated carbocycles. The lowest BCUT2D eigenvalue weighted by Gasteiger charge is -2.20. The molecule has 0 aliphatic heterocycles. The first kappa shape index (κ1) is 16.3. The minimum Gasteiger partial charge on any atom is -0.347 e. The first-order valence-corrected chi connectivity index (χ1v) is 8.72. The lowest BCUT2D eigenvalue weighted by atomic mass is 9.86. The van der Waals surface area contributed by atoms with Crippen molar-refractivity contribution in [2.24, 2.45) is 17.8 Å². The summed E-state index contributed by atoms with van der Waals surface area (Å²) in [5, 5.41) is 6.14. The molecular weight excluding hydrogens is 312 g/mol. The lowest BCUT2D eigenvalue weighted by Crippen LogP contribution is -2.34. The number of amides is 2. The van der Waals surface area contributed by atoms with Crippen molar-refractivity contribution in [3.63, 3.8) is 0 Å². The molecule has 0 spiro atoms. The average molecular weight is 335 g/mol. The maximum absolute atomic E-state index is 12.0. The molecule has 1 aromatic rings. The third-order valence-corrected chi connectivity index (χ3v) is 5.73. The fourth-order valence-electron chi connectivity index (χ4n) is 4.05. The Bertz CT molecular complexity index is 617. The summed E-state index contributed by atoms with van der Waals surface area (Å²) in [4.78, 5) is 24.0. The predicted octanol–water partition coefficient (Wildman–Crippen LogP) is 3.53. The highest BCUT2D eigenvalue weighted by molar-refractivity contribution is 6.31. The monoisotopic (exact) mass is 334 g/mol. The average Bonchev–Trinajstić information content (AvgIpc) is 3.12. The van der Waals surface area contributed by atoms with Gasteiger partial charge in [-0.05, 0) is 61.6 Å². The first-order valence-electron chi connectivity index (χ1n) is 8.34. The molecule has 5 heteroatoms. The van der Waals surface area contributed by atoms with Crippen LogP contribution < -0.4 is 10.6 Å². The summed E-state index contributed by atoms with van der Waals surface area (Å²) < 4.78 is 0. The van der Waals surface area contributed by atoms with Crippen molar-refractivity contribution in [3.05, 3.63) is 28.8 Å². The van der Waals surface area contributed by atoms with Crippen LogP contribution in [0.4, 0.5) is 5.69 Å². The number of hydrogen-bond donors (Lipinski definition) is 2. The predicted molar refractivity (Wildman–Crippen MR) is 91.4 cm³/mol. The lowest BCUT2D eigenvalue weighted by molar-refractivity contribution is -0.125. The zero-order chi connectivity index (χ0) is 16.4. The van der Waals surface area contributed by atoms with Gasteiger partial charge in [0.25, 0.3) is 0 Å². The van der Waals surface area contributed by atoms with E-state index < -0.39 is 0 Å². The number of anilines is 1. The van der Waals surface area contributed by atoms with E-state index in [1.807, 2.05) is 6.92 Å².